The van der Waals surface area contributed by atoms with E-state index in [4.69, 9.17) is 0 Å². The summed E-state index contributed by atoms with van der Waals surface area (Å²) >= 11 is 3.05. The number of carbonyl (C=O) groups is 1. The molecule has 1 aromatic heterocycles. The Morgan fingerprint density at radius 1 is 1.09 bits per heavy atom. The maximum absolute atomic E-state index is 12.8. The van der Waals surface area contributed by atoms with E-state index in [1.807, 2.05) is 73.0 Å². The molecular formula is C18H16N2OS2. The summed E-state index contributed by atoms with van der Waals surface area (Å²) in [5.41, 5.74) is 2.75. The van der Waals surface area contributed by atoms with E-state index in [0.29, 0.717) is 0 Å². The number of aromatic nitrogens is 1. The molecule has 116 valence electrons. The van der Waals surface area contributed by atoms with Gasteiger partial charge in [-0.2, -0.15) is 0 Å². The normalized spacial score (nSPS) is 11.9. The van der Waals surface area contributed by atoms with Crippen molar-refractivity contribution in [1.82, 2.24) is 4.98 Å². The molecule has 0 aliphatic carbocycles. The molecule has 1 amide bonds. The molecule has 0 saturated heterocycles. The van der Waals surface area contributed by atoms with Gasteiger partial charge in [0.2, 0.25) is 5.91 Å². The molecular weight excluding hydrogens is 324 g/mol. The monoisotopic (exact) mass is 340 g/mol. The highest BCUT2D eigenvalue weighted by Gasteiger charge is 2.23. The van der Waals surface area contributed by atoms with E-state index in [1.165, 1.54) is 11.8 Å². The number of para-hydroxylation sites is 1. The van der Waals surface area contributed by atoms with Crippen LogP contribution >= 0.6 is 23.1 Å². The van der Waals surface area contributed by atoms with Crippen LogP contribution in [0, 0.1) is 6.92 Å². The molecule has 1 unspecified atom stereocenters. The van der Waals surface area contributed by atoms with Crippen molar-refractivity contribution in [1.29, 1.82) is 0 Å². The summed E-state index contributed by atoms with van der Waals surface area (Å²) in [7, 11) is 0. The molecule has 0 radical (unpaired) electrons. The zero-order valence-corrected chi connectivity index (χ0v) is 14.2. The fourth-order valence-electron chi connectivity index (χ4n) is 2.12. The molecule has 1 heterocycles. The molecule has 0 fully saturated rings. The van der Waals surface area contributed by atoms with Crippen LogP contribution in [-0.4, -0.2) is 10.9 Å². The summed E-state index contributed by atoms with van der Waals surface area (Å²) in [6.07, 6.45) is 0. The maximum Gasteiger partial charge on any atom is 0.242 e. The maximum atomic E-state index is 12.8. The van der Waals surface area contributed by atoms with Crippen molar-refractivity contribution >= 4 is 34.7 Å². The van der Waals surface area contributed by atoms with Crippen molar-refractivity contribution in [2.75, 3.05) is 5.32 Å². The average Bonchev–Trinajstić information content (AvgIpc) is 2.99. The number of carbonyl (C=O) groups excluding carboxylic acids is 1. The van der Waals surface area contributed by atoms with Crippen LogP contribution in [0.15, 0.2) is 70.4 Å². The summed E-state index contributed by atoms with van der Waals surface area (Å²) in [6.45, 7) is 1.96. The van der Waals surface area contributed by atoms with E-state index in [1.54, 1.807) is 11.3 Å². The van der Waals surface area contributed by atoms with E-state index < -0.39 is 0 Å². The fraction of sp³-hybridized carbons (Fsp3) is 0.111. The number of thioether (sulfide) groups is 1. The molecule has 3 aromatic rings. The number of benzene rings is 2. The van der Waals surface area contributed by atoms with Crippen LogP contribution in [-0.2, 0) is 4.79 Å². The standard InChI is InChI=1S/C18H16N2OS2/c1-13-12-22-18(19-13)23-16(14-8-4-2-5-9-14)17(21)20-15-10-6-3-7-11-15/h2-12,16H,1H3,(H,20,21). The molecule has 0 saturated carbocycles. The van der Waals surface area contributed by atoms with Gasteiger partial charge in [0, 0.05) is 16.8 Å². The Morgan fingerprint density at radius 2 is 1.74 bits per heavy atom. The lowest BCUT2D eigenvalue weighted by atomic mass is 10.1. The topological polar surface area (TPSA) is 42.0 Å². The Labute approximate surface area is 143 Å². The Morgan fingerprint density at radius 3 is 2.35 bits per heavy atom. The van der Waals surface area contributed by atoms with Gasteiger partial charge in [0.1, 0.15) is 5.25 Å². The first kappa shape index (κ1) is 15.8. The van der Waals surface area contributed by atoms with Crippen molar-refractivity contribution in [3.8, 4) is 0 Å². The van der Waals surface area contributed by atoms with Crippen LogP contribution in [0.2, 0.25) is 0 Å². The molecule has 2 aromatic carbocycles. The minimum absolute atomic E-state index is 0.0414. The minimum Gasteiger partial charge on any atom is -0.325 e. The lowest BCUT2D eigenvalue weighted by Gasteiger charge is -2.15. The van der Waals surface area contributed by atoms with Gasteiger partial charge in [-0.1, -0.05) is 60.3 Å². The molecule has 1 N–H and O–H groups in total. The van der Waals surface area contributed by atoms with Gasteiger partial charge in [-0.05, 0) is 24.6 Å². The lowest BCUT2D eigenvalue weighted by molar-refractivity contribution is -0.115. The third-order valence-corrected chi connectivity index (χ3v) is 5.54. The Balaban J connectivity index is 1.84. The lowest BCUT2D eigenvalue weighted by Crippen LogP contribution is -2.18. The first-order valence-corrected chi connectivity index (χ1v) is 8.98. The highest BCUT2D eigenvalue weighted by molar-refractivity contribution is 8.01. The second-order valence-electron chi connectivity index (χ2n) is 5.02. The molecule has 3 nitrogen and oxygen atoms in total. The number of nitrogens with zero attached hydrogens (tertiary/aromatic N) is 1. The summed E-state index contributed by atoms with van der Waals surface area (Å²) in [5, 5.41) is 4.65. The zero-order valence-electron chi connectivity index (χ0n) is 12.6. The highest BCUT2D eigenvalue weighted by atomic mass is 32.2. The van der Waals surface area contributed by atoms with Gasteiger partial charge in [0.05, 0.1) is 0 Å². The third-order valence-electron chi connectivity index (χ3n) is 3.20. The van der Waals surface area contributed by atoms with Gasteiger partial charge in [-0.3, -0.25) is 4.79 Å². The van der Waals surface area contributed by atoms with Crippen LogP contribution in [0.25, 0.3) is 0 Å². The quantitative estimate of drug-likeness (QED) is 0.670. The van der Waals surface area contributed by atoms with Crippen LogP contribution in [0.1, 0.15) is 16.5 Å². The van der Waals surface area contributed by atoms with Gasteiger partial charge in [0.15, 0.2) is 4.34 Å². The SMILES string of the molecule is Cc1csc(SC(C(=O)Nc2ccccc2)c2ccccc2)n1. The van der Waals surface area contributed by atoms with E-state index >= 15 is 0 Å². The van der Waals surface area contributed by atoms with Gasteiger partial charge in [-0.15, -0.1) is 11.3 Å². The average molecular weight is 340 g/mol. The summed E-state index contributed by atoms with van der Waals surface area (Å²) in [5.74, 6) is -0.0414. The number of thiazole rings is 1. The Bertz CT molecular complexity index is 772. The number of amides is 1. The van der Waals surface area contributed by atoms with E-state index in [2.05, 4.69) is 10.3 Å². The molecule has 0 aliphatic rings. The van der Waals surface area contributed by atoms with Gasteiger partial charge in [-0.25, -0.2) is 4.98 Å². The number of hydrogen-bond acceptors (Lipinski definition) is 4. The Kier molecular flexibility index (Phi) is 5.10. The van der Waals surface area contributed by atoms with E-state index in [-0.39, 0.29) is 11.2 Å². The van der Waals surface area contributed by atoms with Crippen molar-refractivity contribution in [3.05, 3.63) is 77.3 Å². The zero-order chi connectivity index (χ0) is 16.1. The van der Waals surface area contributed by atoms with Crippen LogP contribution in [0.5, 0.6) is 0 Å². The molecule has 0 spiro atoms. The summed E-state index contributed by atoms with van der Waals surface area (Å²) < 4.78 is 0.902. The number of anilines is 1. The molecule has 0 bridgehead atoms. The van der Waals surface area contributed by atoms with Gasteiger partial charge < -0.3 is 5.32 Å². The third kappa shape index (κ3) is 4.21. The fourth-order valence-corrected chi connectivity index (χ4v) is 4.15. The molecule has 23 heavy (non-hydrogen) atoms. The van der Waals surface area contributed by atoms with Crippen LogP contribution in [0.3, 0.4) is 0 Å². The minimum atomic E-state index is -0.332. The van der Waals surface area contributed by atoms with E-state index in [9.17, 15) is 4.79 Å². The largest absolute Gasteiger partial charge is 0.325 e. The number of nitrogens with one attached hydrogen (secondary N) is 1. The molecule has 3 rings (SSSR count). The molecule has 1 atom stereocenters. The van der Waals surface area contributed by atoms with Crippen molar-refractivity contribution in [3.63, 3.8) is 0 Å². The first-order valence-electron chi connectivity index (χ1n) is 7.22. The molecule has 5 heteroatoms. The number of aryl methyl sites for hydroxylation is 1. The van der Waals surface area contributed by atoms with Gasteiger partial charge >= 0.3 is 0 Å². The number of hydrogen-bond donors (Lipinski definition) is 1. The van der Waals surface area contributed by atoms with Crippen molar-refractivity contribution in [2.24, 2.45) is 0 Å². The summed E-state index contributed by atoms with van der Waals surface area (Å²) in [6, 6.07) is 19.3. The summed E-state index contributed by atoms with van der Waals surface area (Å²) in [4.78, 5) is 17.2. The van der Waals surface area contributed by atoms with Crippen LogP contribution in [0.4, 0.5) is 5.69 Å². The van der Waals surface area contributed by atoms with E-state index in [0.717, 1.165) is 21.3 Å². The molecule has 0 aliphatic heterocycles. The predicted octanol–water partition coefficient (Wildman–Crippen LogP) is 4.92. The van der Waals surface area contributed by atoms with Crippen LogP contribution < -0.4 is 5.32 Å². The smallest absolute Gasteiger partial charge is 0.242 e. The van der Waals surface area contributed by atoms with Crippen molar-refractivity contribution < 1.29 is 4.79 Å². The highest BCUT2D eigenvalue weighted by Crippen LogP contribution is 2.37. The van der Waals surface area contributed by atoms with Gasteiger partial charge in [0.25, 0.3) is 0 Å². The van der Waals surface area contributed by atoms with Crippen molar-refractivity contribution in [2.45, 2.75) is 16.5 Å². The Hall–Kier alpha value is -2.11. The number of rotatable bonds is 5. The second-order valence-corrected chi connectivity index (χ2v) is 7.23. The first-order chi connectivity index (χ1) is 11.2. The second kappa shape index (κ2) is 7.44. The predicted molar refractivity (Wildman–Crippen MR) is 97.0 cm³/mol.